The molecule has 2 aromatic carbocycles. The van der Waals surface area contributed by atoms with Gasteiger partial charge in [0.2, 0.25) is 0 Å². The molecule has 1 N–H and O–H groups in total. The Balaban J connectivity index is 2.10. The predicted octanol–water partition coefficient (Wildman–Crippen LogP) is 3.92. The van der Waals surface area contributed by atoms with Crippen molar-refractivity contribution in [3.05, 3.63) is 65.2 Å². The van der Waals surface area contributed by atoms with E-state index in [0.29, 0.717) is 11.1 Å². The van der Waals surface area contributed by atoms with Crippen molar-refractivity contribution in [2.75, 3.05) is 12.4 Å². The highest BCUT2D eigenvalue weighted by molar-refractivity contribution is 5.89. The van der Waals surface area contributed by atoms with E-state index in [9.17, 15) is 13.6 Å². The summed E-state index contributed by atoms with van der Waals surface area (Å²) < 4.78 is 30.7. The molecule has 110 valence electrons. The Morgan fingerprint density at radius 3 is 2.33 bits per heavy atom. The zero-order valence-electron chi connectivity index (χ0n) is 11.7. The topological polar surface area (TPSA) is 38.3 Å². The molecule has 0 amide bonds. The number of nitrogens with one attached hydrogen (secondary N) is 1. The minimum Gasteiger partial charge on any atom is -0.465 e. The lowest BCUT2D eigenvalue weighted by molar-refractivity contribution is 0.0601. The lowest BCUT2D eigenvalue weighted by atomic mass is 10.1. The molecule has 0 aliphatic carbocycles. The Labute approximate surface area is 121 Å². The van der Waals surface area contributed by atoms with E-state index in [1.165, 1.54) is 13.2 Å². The van der Waals surface area contributed by atoms with Crippen molar-refractivity contribution in [2.45, 2.75) is 13.0 Å². The molecule has 0 saturated carbocycles. The summed E-state index contributed by atoms with van der Waals surface area (Å²) in [6, 6.07) is 10.3. The van der Waals surface area contributed by atoms with Crippen LogP contribution in [-0.4, -0.2) is 13.1 Å². The van der Waals surface area contributed by atoms with E-state index in [0.717, 1.165) is 17.8 Å². The molecule has 0 heterocycles. The van der Waals surface area contributed by atoms with E-state index in [4.69, 9.17) is 0 Å². The Hall–Kier alpha value is -2.43. The molecule has 0 aliphatic rings. The minimum atomic E-state index is -0.873. The third-order valence-corrected chi connectivity index (χ3v) is 3.13. The number of rotatable bonds is 4. The highest BCUT2D eigenvalue weighted by Gasteiger charge is 2.10. The molecule has 0 aliphatic heterocycles. The first kappa shape index (κ1) is 15.0. The normalized spacial score (nSPS) is 11.8. The molecule has 1 unspecified atom stereocenters. The van der Waals surface area contributed by atoms with Crippen LogP contribution in [0.5, 0.6) is 0 Å². The molecule has 0 radical (unpaired) electrons. The van der Waals surface area contributed by atoms with Crippen LogP contribution < -0.4 is 5.32 Å². The maximum absolute atomic E-state index is 13.2. The third kappa shape index (κ3) is 3.56. The van der Waals surface area contributed by atoms with E-state index in [1.807, 2.05) is 6.92 Å². The fourth-order valence-corrected chi connectivity index (χ4v) is 1.94. The van der Waals surface area contributed by atoms with Gasteiger partial charge in [-0.15, -0.1) is 0 Å². The second-order valence-electron chi connectivity index (χ2n) is 4.61. The van der Waals surface area contributed by atoms with E-state index >= 15 is 0 Å². The maximum atomic E-state index is 13.2. The van der Waals surface area contributed by atoms with Crippen LogP contribution >= 0.6 is 0 Å². The number of hydrogen-bond acceptors (Lipinski definition) is 3. The van der Waals surface area contributed by atoms with Crippen LogP contribution in [-0.2, 0) is 4.74 Å². The summed E-state index contributed by atoms with van der Waals surface area (Å²) in [6.07, 6.45) is 0. The predicted molar refractivity (Wildman–Crippen MR) is 76.2 cm³/mol. The summed E-state index contributed by atoms with van der Waals surface area (Å²) >= 11 is 0. The van der Waals surface area contributed by atoms with E-state index in [2.05, 4.69) is 10.1 Å². The van der Waals surface area contributed by atoms with E-state index < -0.39 is 17.6 Å². The summed E-state index contributed by atoms with van der Waals surface area (Å²) in [5, 5.41) is 3.15. The van der Waals surface area contributed by atoms with Gasteiger partial charge in [-0.05, 0) is 48.9 Å². The van der Waals surface area contributed by atoms with Crippen LogP contribution in [0.25, 0.3) is 0 Å². The van der Waals surface area contributed by atoms with Gasteiger partial charge in [-0.1, -0.05) is 6.07 Å². The second-order valence-corrected chi connectivity index (χ2v) is 4.61. The van der Waals surface area contributed by atoms with Crippen LogP contribution in [0, 0.1) is 11.6 Å². The molecule has 5 heteroatoms. The SMILES string of the molecule is COC(=O)c1ccc(NC(C)c2ccc(F)c(F)c2)cc1. The van der Waals surface area contributed by atoms with Gasteiger partial charge in [0, 0.05) is 11.7 Å². The molecule has 0 spiro atoms. The van der Waals surface area contributed by atoms with Gasteiger partial charge in [-0.2, -0.15) is 0 Å². The van der Waals surface area contributed by atoms with Gasteiger partial charge >= 0.3 is 5.97 Å². The second kappa shape index (κ2) is 6.35. The Kier molecular flexibility index (Phi) is 4.52. The molecule has 3 nitrogen and oxygen atoms in total. The highest BCUT2D eigenvalue weighted by atomic mass is 19.2. The number of halogens is 2. The molecule has 0 saturated heterocycles. The molecule has 0 fully saturated rings. The quantitative estimate of drug-likeness (QED) is 0.868. The minimum absolute atomic E-state index is 0.205. The standard InChI is InChI=1S/C16H15F2NO2/c1-10(12-5-8-14(17)15(18)9-12)19-13-6-3-11(4-7-13)16(20)21-2/h3-10,19H,1-2H3. The van der Waals surface area contributed by atoms with Crippen molar-refractivity contribution in [3.8, 4) is 0 Å². The molecule has 0 bridgehead atoms. The summed E-state index contributed by atoms with van der Waals surface area (Å²) in [5.74, 6) is -2.15. The van der Waals surface area contributed by atoms with Gasteiger partial charge in [-0.25, -0.2) is 13.6 Å². The van der Waals surface area contributed by atoms with E-state index in [-0.39, 0.29) is 6.04 Å². The van der Waals surface area contributed by atoms with Gasteiger partial charge in [0.1, 0.15) is 0 Å². The van der Waals surface area contributed by atoms with Gasteiger partial charge in [0.05, 0.1) is 12.7 Å². The summed E-state index contributed by atoms with van der Waals surface area (Å²) in [5.41, 5.74) is 1.84. The number of anilines is 1. The fourth-order valence-electron chi connectivity index (χ4n) is 1.94. The summed E-state index contributed by atoms with van der Waals surface area (Å²) in [6.45, 7) is 1.83. The van der Waals surface area contributed by atoms with Crippen molar-refractivity contribution >= 4 is 11.7 Å². The average molecular weight is 291 g/mol. The Bertz CT molecular complexity index is 641. The van der Waals surface area contributed by atoms with Crippen LogP contribution in [0.2, 0.25) is 0 Å². The number of benzene rings is 2. The Morgan fingerprint density at radius 1 is 1.10 bits per heavy atom. The number of carbonyl (C=O) groups is 1. The van der Waals surface area contributed by atoms with Crippen LogP contribution in [0.4, 0.5) is 14.5 Å². The molecule has 1 atom stereocenters. The summed E-state index contributed by atoms with van der Waals surface area (Å²) in [4.78, 5) is 11.3. The van der Waals surface area contributed by atoms with Gasteiger partial charge in [0.25, 0.3) is 0 Å². The first-order chi connectivity index (χ1) is 10.0. The monoisotopic (exact) mass is 291 g/mol. The largest absolute Gasteiger partial charge is 0.465 e. The van der Waals surface area contributed by atoms with E-state index in [1.54, 1.807) is 24.3 Å². The number of esters is 1. The van der Waals surface area contributed by atoms with Crippen LogP contribution in [0.1, 0.15) is 28.9 Å². The first-order valence-corrected chi connectivity index (χ1v) is 6.41. The average Bonchev–Trinajstić information content (AvgIpc) is 2.50. The smallest absolute Gasteiger partial charge is 0.337 e. The fraction of sp³-hybridized carbons (Fsp3) is 0.188. The number of carbonyl (C=O) groups excluding carboxylic acids is 1. The zero-order chi connectivity index (χ0) is 15.4. The van der Waals surface area contributed by atoms with Crippen LogP contribution in [0.15, 0.2) is 42.5 Å². The first-order valence-electron chi connectivity index (χ1n) is 6.41. The zero-order valence-corrected chi connectivity index (χ0v) is 11.7. The molecule has 2 rings (SSSR count). The van der Waals surface area contributed by atoms with Crippen molar-refractivity contribution in [1.82, 2.24) is 0 Å². The van der Waals surface area contributed by atoms with Gasteiger partial charge in [0.15, 0.2) is 11.6 Å². The Morgan fingerprint density at radius 2 is 1.76 bits per heavy atom. The van der Waals surface area contributed by atoms with Crippen molar-refractivity contribution in [1.29, 1.82) is 0 Å². The number of ether oxygens (including phenoxy) is 1. The lowest BCUT2D eigenvalue weighted by Crippen LogP contribution is -2.08. The van der Waals surface area contributed by atoms with Gasteiger partial charge < -0.3 is 10.1 Å². The highest BCUT2D eigenvalue weighted by Crippen LogP contribution is 2.21. The molecule has 21 heavy (non-hydrogen) atoms. The van der Waals surface area contributed by atoms with Gasteiger partial charge in [-0.3, -0.25) is 0 Å². The number of hydrogen-bond donors (Lipinski definition) is 1. The van der Waals surface area contributed by atoms with Crippen molar-refractivity contribution < 1.29 is 18.3 Å². The molecular weight excluding hydrogens is 276 g/mol. The number of methoxy groups -OCH3 is 1. The molecule has 2 aromatic rings. The lowest BCUT2D eigenvalue weighted by Gasteiger charge is -2.16. The molecular formula is C16H15F2NO2. The van der Waals surface area contributed by atoms with Crippen LogP contribution in [0.3, 0.4) is 0 Å². The summed E-state index contributed by atoms with van der Waals surface area (Å²) in [7, 11) is 1.32. The molecule has 0 aromatic heterocycles. The maximum Gasteiger partial charge on any atom is 0.337 e. The third-order valence-electron chi connectivity index (χ3n) is 3.13. The van der Waals surface area contributed by atoms with Crippen molar-refractivity contribution in [2.24, 2.45) is 0 Å². The van der Waals surface area contributed by atoms with Crippen molar-refractivity contribution in [3.63, 3.8) is 0 Å².